The smallest absolute Gasteiger partial charge is 0.258 e. The molecule has 2 saturated heterocycles. The van der Waals surface area contributed by atoms with Crippen LogP contribution >= 0.6 is 22.7 Å². The van der Waals surface area contributed by atoms with Crippen LogP contribution in [-0.4, -0.2) is 56.5 Å². The molecule has 0 bridgehead atoms. The normalized spacial score (nSPS) is 25.3. The second kappa shape index (κ2) is 9.98. The van der Waals surface area contributed by atoms with Crippen molar-refractivity contribution in [3.8, 4) is 0 Å². The van der Waals surface area contributed by atoms with Gasteiger partial charge in [-0.15, -0.1) is 31.7 Å². The molecule has 2 fully saturated rings. The molecule has 4 rings (SSSR count). The molecule has 9 nitrogen and oxygen atoms in total. The van der Waals surface area contributed by atoms with Gasteiger partial charge in [-0.1, -0.05) is 11.3 Å². The van der Waals surface area contributed by atoms with Crippen LogP contribution in [0.25, 0.3) is 0 Å². The lowest BCUT2D eigenvalue weighted by Crippen LogP contribution is -2.39. The van der Waals surface area contributed by atoms with Crippen LogP contribution in [0.2, 0.25) is 0 Å². The lowest BCUT2D eigenvalue weighted by molar-refractivity contribution is -0.136. The number of hydrogen-bond acceptors (Lipinski definition) is 10. The van der Waals surface area contributed by atoms with Crippen molar-refractivity contribution in [3.05, 3.63) is 15.0 Å². The highest BCUT2D eigenvalue weighted by Gasteiger charge is 2.38. The zero-order valence-electron chi connectivity index (χ0n) is 18.5. The number of nitrogens with zero attached hydrogens (tertiary/aromatic N) is 4. The second-order valence-electron chi connectivity index (χ2n) is 8.72. The highest BCUT2D eigenvalue weighted by atomic mass is 32.1. The minimum Gasteiger partial charge on any atom is -0.367 e. The number of nitrogens with one attached hydrogen (secondary N) is 1. The molecule has 0 saturated carbocycles. The first-order valence-electron chi connectivity index (χ1n) is 11.1. The van der Waals surface area contributed by atoms with Crippen LogP contribution in [0, 0.1) is 0 Å². The summed E-state index contributed by atoms with van der Waals surface area (Å²) in [5, 5.41) is 22.6. The predicted molar refractivity (Wildman–Crippen MR) is 121 cm³/mol. The third-order valence-electron chi connectivity index (χ3n) is 6.05. The van der Waals surface area contributed by atoms with Crippen LogP contribution in [0.5, 0.6) is 0 Å². The molecule has 32 heavy (non-hydrogen) atoms. The van der Waals surface area contributed by atoms with Gasteiger partial charge in [0.05, 0.1) is 6.42 Å². The van der Waals surface area contributed by atoms with Gasteiger partial charge >= 0.3 is 0 Å². The van der Waals surface area contributed by atoms with Gasteiger partial charge in [0, 0.05) is 26.1 Å². The third-order valence-corrected chi connectivity index (χ3v) is 7.93. The van der Waals surface area contributed by atoms with E-state index in [1.54, 1.807) is 0 Å². The summed E-state index contributed by atoms with van der Waals surface area (Å²) in [5.41, 5.74) is -1.42. The first-order chi connectivity index (χ1) is 15.4. The van der Waals surface area contributed by atoms with E-state index in [2.05, 4.69) is 25.7 Å². The van der Waals surface area contributed by atoms with Gasteiger partial charge in [0.25, 0.3) is 5.91 Å². The van der Waals surface area contributed by atoms with Gasteiger partial charge in [0.15, 0.2) is 5.78 Å². The Bertz CT molecular complexity index is 871. The van der Waals surface area contributed by atoms with E-state index >= 15 is 0 Å². The number of aromatic nitrogens is 4. The first-order valence-corrected chi connectivity index (χ1v) is 12.8. The number of amides is 1. The molecule has 2 aliphatic rings. The molecule has 0 spiro atoms. The number of carbonyl (C=O) groups is 2. The van der Waals surface area contributed by atoms with Crippen LogP contribution in [0.3, 0.4) is 0 Å². The van der Waals surface area contributed by atoms with E-state index in [0.717, 1.165) is 66.4 Å². The Morgan fingerprint density at radius 3 is 2.12 bits per heavy atom. The monoisotopic (exact) mass is 479 g/mol. The summed E-state index contributed by atoms with van der Waals surface area (Å²) in [4.78, 5) is 24.9. The average Bonchev–Trinajstić information content (AvgIpc) is 3.55. The number of rotatable bonds is 10. The van der Waals surface area contributed by atoms with Gasteiger partial charge in [0.1, 0.15) is 26.2 Å². The van der Waals surface area contributed by atoms with Crippen LogP contribution in [-0.2, 0) is 38.3 Å². The van der Waals surface area contributed by atoms with Crippen molar-refractivity contribution < 1.29 is 19.1 Å². The highest BCUT2D eigenvalue weighted by Crippen LogP contribution is 2.29. The van der Waals surface area contributed by atoms with E-state index in [1.165, 1.54) is 22.7 Å². The standard InChI is InChI=1S/C21H29N5O4S2/c1-20(9-5-11-29-20)14(27)13-17-25-23-15(31-17)7-3-4-8-16-24-26-19(32-16)22-18(28)21(2)10-6-12-30-21/h3-13H2,1-2H3,(H,22,26,28). The van der Waals surface area contributed by atoms with E-state index in [-0.39, 0.29) is 18.1 Å². The van der Waals surface area contributed by atoms with E-state index < -0.39 is 11.2 Å². The van der Waals surface area contributed by atoms with Crippen LogP contribution in [0.15, 0.2) is 0 Å². The Morgan fingerprint density at radius 2 is 1.47 bits per heavy atom. The number of Topliss-reactive ketones (excluding diaryl/α,β-unsaturated/α-hetero) is 1. The maximum atomic E-state index is 12.5. The summed E-state index contributed by atoms with van der Waals surface area (Å²) < 4.78 is 11.2. The zero-order chi connectivity index (χ0) is 22.6. The largest absolute Gasteiger partial charge is 0.367 e. The fourth-order valence-electron chi connectivity index (χ4n) is 3.93. The van der Waals surface area contributed by atoms with Gasteiger partial charge in [-0.05, 0) is 52.4 Å². The van der Waals surface area contributed by atoms with Crippen LogP contribution in [0.4, 0.5) is 5.13 Å². The summed E-state index contributed by atoms with van der Waals surface area (Å²) in [7, 11) is 0. The first kappa shape index (κ1) is 23.3. The fourth-order valence-corrected chi connectivity index (χ4v) is 5.59. The molecular formula is C21H29N5O4S2. The minimum absolute atomic E-state index is 0.0883. The molecule has 2 aromatic heterocycles. The lowest BCUT2D eigenvalue weighted by Gasteiger charge is -2.20. The van der Waals surface area contributed by atoms with E-state index in [0.29, 0.717) is 18.3 Å². The van der Waals surface area contributed by atoms with Crippen molar-refractivity contribution in [1.82, 2.24) is 20.4 Å². The molecule has 2 aliphatic heterocycles. The molecule has 1 amide bonds. The Kier molecular flexibility index (Phi) is 7.28. The number of ketones is 1. The summed E-state index contributed by atoms with van der Waals surface area (Å²) in [5.74, 6) is -0.0675. The molecule has 2 unspecified atom stereocenters. The van der Waals surface area contributed by atoms with E-state index in [4.69, 9.17) is 9.47 Å². The summed E-state index contributed by atoms with van der Waals surface area (Å²) in [6.45, 7) is 4.96. The SMILES string of the molecule is CC1(C(=O)Cc2nnc(CCCCc3nnc(NC(=O)C4(C)CCCO4)s3)s2)CCCO1. The number of anilines is 1. The summed E-state index contributed by atoms with van der Waals surface area (Å²) >= 11 is 2.91. The Morgan fingerprint density at radius 1 is 0.875 bits per heavy atom. The molecule has 0 radical (unpaired) electrons. The number of carbonyl (C=O) groups excluding carboxylic acids is 2. The molecule has 0 aromatic carbocycles. The van der Waals surface area contributed by atoms with Crippen molar-refractivity contribution in [2.24, 2.45) is 0 Å². The number of hydrogen-bond donors (Lipinski definition) is 1. The van der Waals surface area contributed by atoms with Gasteiger partial charge in [-0.25, -0.2) is 0 Å². The third kappa shape index (κ3) is 5.56. The van der Waals surface area contributed by atoms with Crippen LogP contribution in [0.1, 0.15) is 67.4 Å². The zero-order valence-corrected chi connectivity index (χ0v) is 20.1. The van der Waals surface area contributed by atoms with Crippen LogP contribution < -0.4 is 5.32 Å². The molecule has 1 N–H and O–H groups in total. The molecule has 2 atom stereocenters. The predicted octanol–water partition coefficient (Wildman–Crippen LogP) is 3.14. The van der Waals surface area contributed by atoms with Crippen molar-refractivity contribution in [2.75, 3.05) is 18.5 Å². The Balaban J connectivity index is 1.18. The van der Waals surface area contributed by atoms with E-state index in [1.807, 2.05) is 13.8 Å². The molecule has 4 heterocycles. The minimum atomic E-state index is -0.765. The molecule has 2 aromatic rings. The number of aryl methyl sites for hydroxylation is 2. The summed E-state index contributed by atoms with van der Waals surface area (Å²) in [6.07, 6.45) is 7.10. The number of ether oxygens (including phenoxy) is 2. The van der Waals surface area contributed by atoms with Gasteiger partial charge in [-0.3, -0.25) is 14.9 Å². The van der Waals surface area contributed by atoms with Crippen molar-refractivity contribution >= 4 is 39.5 Å². The molecular weight excluding hydrogens is 450 g/mol. The Hall–Kier alpha value is -1.82. The van der Waals surface area contributed by atoms with Gasteiger partial charge in [0.2, 0.25) is 5.13 Å². The molecule has 11 heteroatoms. The quantitative estimate of drug-likeness (QED) is 0.517. The van der Waals surface area contributed by atoms with Crippen molar-refractivity contribution in [1.29, 1.82) is 0 Å². The average molecular weight is 480 g/mol. The summed E-state index contributed by atoms with van der Waals surface area (Å²) in [6, 6.07) is 0. The maximum absolute atomic E-state index is 12.5. The van der Waals surface area contributed by atoms with Gasteiger partial charge < -0.3 is 9.47 Å². The van der Waals surface area contributed by atoms with E-state index in [9.17, 15) is 9.59 Å². The number of unbranched alkanes of at least 4 members (excludes halogenated alkanes) is 1. The van der Waals surface area contributed by atoms with Crippen molar-refractivity contribution in [2.45, 2.75) is 82.8 Å². The molecule has 174 valence electrons. The lowest BCUT2D eigenvalue weighted by atomic mass is 9.95. The van der Waals surface area contributed by atoms with Crippen molar-refractivity contribution in [3.63, 3.8) is 0 Å². The molecule has 0 aliphatic carbocycles. The maximum Gasteiger partial charge on any atom is 0.258 e. The second-order valence-corrected chi connectivity index (χ2v) is 10.9. The highest BCUT2D eigenvalue weighted by molar-refractivity contribution is 7.15. The Labute approximate surface area is 195 Å². The fraction of sp³-hybridized carbons (Fsp3) is 0.714. The van der Waals surface area contributed by atoms with Gasteiger partial charge in [-0.2, -0.15) is 0 Å². The topological polar surface area (TPSA) is 116 Å².